The molecule has 0 saturated carbocycles. The summed E-state index contributed by atoms with van der Waals surface area (Å²) >= 11 is 0. The lowest BCUT2D eigenvalue weighted by Crippen LogP contribution is -2.52. The van der Waals surface area contributed by atoms with E-state index >= 15 is 0 Å². The normalized spacial score (nSPS) is 24.1. The number of carbonyl (C=O) groups is 1. The number of amides is 1. The molecule has 1 amide bonds. The zero-order valence-electron chi connectivity index (χ0n) is 17.8. The molecule has 2 aliphatic heterocycles. The van der Waals surface area contributed by atoms with Gasteiger partial charge in [-0.15, -0.1) is 0 Å². The molecule has 5 nitrogen and oxygen atoms in total. The molecule has 1 N–H and O–H groups in total. The van der Waals surface area contributed by atoms with Gasteiger partial charge in [-0.2, -0.15) is 0 Å². The fourth-order valence-electron chi connectivity index (χ4n) is 5.69. The molecule has 5 rings (SSSR count). The summed E-state index contributed by atoms with van der Waals surface area (Å²) in [6, 6.07) is 14.0. The first-order valence-corrected chi connectivity index (χ1v) is 11.6. The van der Waals surface area contributed by atoms with Crippen molar-refractivity contribution < 1.29 is 9.21 Å². The largest absolute Gasteiger partial charge is 0.467 e. The maximum Gasteiger partial charge on any atom is 0.224 e. The number of nitrogens with zero attached hydrogens (tertiary/aromatic N) is 2. The van der Waals surface area contributed by atoms with Gasteiger partial charge in [0.2, 0.25) is 5.91 Å². The average Bonchev–Trinajstić information content (AvgIpc) is 3.47. The number of rotatable bonds is 5. The number of benzene rings is 1. The zero-order chi connectivity index (χ0) is 20.3. The number of hydrogen-bond donors (Lipinski definition) is 1. The number of piperidine rings is 2. The van der Waals surface area contributed by atoms with E-state index in [2.05, 4.69) is 39.4 Å². The number of hydrogen-bond acceptors (Lipinski definition) is 4. The quantitative estimate of drug-likeness (QED) is 0.827. The second-order valence-electron chi connectivity index (χ2n) is 9.23. The molecular weight excluding hydrogens is 374 g/mol. The molecule has 3 aliphatic rings. The standard InChI is InChI=1S/C25H33N3O2/c29-25(26-17-24-8-4-14-30-24)21-7-3-11-28(18-21)22-9-12-27(13-10-22)23-15-19-5-1-2-6-20(19)16-23/h1-2,4-6,8,14,21-23H,3,7,9-13,15-18H2,(H,26,29)/t21-/m1/s1. The molecular formula is C25H33N3O2. The Bertz CT molecular complexity index is 817. The SMILES string of the molecule is O=C(NCc1ccco1)[C@@H]1CCCN(C2CCN(C3Cc4ccccc4C3)CC2)C1. The van der Waals surface area contributed by atoms with Gasteiger partial charge in [0, 0.05) is 18.6 Å². The highest BCUT2D eigenvalue weighted by Crippen LogP contribution is 2.29. The Labute approximate surface area is 179 Å². The molecule has 0 spiro atoms. The Morgan fingerprint density at radius 2 is 1.70 bits per heavy atom. The van der Waals surface area contributed by atoms with E-state index in [0.29, 0.717) is 18.6 Å². The van der Waals surface area contributed by atoms with Gasteiger partial charge in [0.15, 0.2) is 0 Å². The second-order valence-corrected chi connectivity index (χ2v) is 9.23. The maximum atomic E-state index is 12.7. The molecule has 1 atom stereocenters. The smallest absolute Gasteiger partial charge is 0.224 e. The third-order valence-corrected chi connectivity index (χ3v) is 7.40. The van der Waals surface area contributed by atoms with Crippen LogP contribution in [0.25, 0.3) is 0 Å². The Kier molecular flexibility index (Phi) is 5.91. The van der Waals surface area contributed by atoms with E-state index in [1.165, 1.54) is 38.8 Å². The Balaban J connectivity index is 1.10. The molecule has 1 aromatic carbocycles. The molecule has 30 heavy (non-hydrogen) atoms. The van der Waals surface area contributed by atoms with E-state index in [9.17, 15) is 4.79 Å². The molecule has 2 aromatic rings. The molecule has 1 aliphatic carbocycles. The van der Waals surface area contributed by atoms with Crippen LogP contribution in [0, 0.1) is 5.92 Å². The van der Waals surface area contributed by atoms with E-state index in [-0.39, 0.29) is 11.8 Å². The minimum absolute atomic E-state index is 0.107. The zero-order valence-corrected chi connectivity index (χ0v) is 17.8. The highest BCUT2D eigenvalue weighted by atomic mass is 16.3. The van der Waals surface area contributed by atoms with Crippen LogP contribution < -0.4 is 5.32 Å². The second kappa shape index (κ2) is 8.94. The topological polar surface area (TPSA) is 48.7 Å². The van der Waals surface area contributed by atoms with Crippen molar-refractivity contribution in [2.24, 2.45) is 5.92 Å². The number of furan rings is 1. The first-order chi connectivity index (χ1) is 14.8. The van der Waals surface area contributed by atoms with Crippen molar-refractivity contribution >= 4 is 5.91 Å². The molecule has 1 aromatic heterocycles. The van der Waals surface area contributed by atoms with Crippen molar-refractivity contribution in [1.82, 2.24) is 15.1 Å². The lowest BCUT2D eigenvalue weighted by Gasteiger charge is -2.43. The number of carbonyl (C=O) groups excluding carboxylic acids is 1. The van der Waals surface area contributed by atoms with Gasteiger partial charge in [-0.3, -0.25) is 14.6 Å². The summed E-state index contributed by atoms with van der Waals surface area (Å²) in [5.74, 6) is 1.10. The van der Waals surface area contributed by atoms with Gasteiger partial charge >= 0.3 is 0 Å². The monoisotopic (exact) mass is 407 g/mol. The van der Waals surface area contributed by atoms with Crippen molar-refractivity contribution in [1.29, 1.82) is 0 Å². The average molecular weight is 408 g/mol. The van der Waals surface area contributed by atoms with Crippen molar-refractivity contribution in [3.63, 3.8) is 0 Å². The van der Waals surface area contributed by atoms with E-state index < -0.39 is 0 Å². The van der Waals surface area contributed by atoms with Crippen molar-refractivity contribution in [2.75, 3.05) is 26.2 Å². The predicted molar refractivity (Wildman–Crippen MR) is 117 cm³/mol. The summed E-state index contributed by atoms with van der Waals surface area (Å²) in [5.41, 5.74) is 3.09. The van der Waals surface area contributed by atoms with Crippen LogP contribution in [0.4, 0.5) is 0 Å². The third-order valence-electron chi connectivity index (χ3n) is 7.40. The fraction of sp³-hybridized carbons (Fsp3) is 0.560. The lowest BCUT2D eigenvalue weighted by molar-refractivity contribution is -0.127. The van der Waals surface area contributed by atoms with E-state index in [0.717, 1.165) is 31.7 Å². The van der Waals surface area contributed by atoms with Gasteiger partial charge in [-0.25, -0.2) is 0 Å². The summed E-state index contributed by atoms with van der Waals surface area (Å²) in [4.78, 5) is 18.0. The summed E-state index contributed by atoms with van der Waals surface area (Å²) in [5, 5.41) is 3.06. The van der Waals surface area contributed by atoms with Crippen molar-refractivity contribution in [3.8, 4) is 0 Å². The molecule has 2 fully saturated rings. The minimum atomic E-state index is 0.107. The molecule has 160 valence electrons. The van der Waals surface area contributed by atoms with Gasteiger partial charge in [-0.05, 0) is 81.4 Å². The van der Waals surface area contributed by atoms with Crippen LogP contribution in [-0.2, 0) is 24.2 Å². The Hall–Kier alpha value is -2.11. The first-order valence-electron chi connectivity index (χ1n) is 11.6. The molecule has 2 saturated heterocycles. The number of fused-ring (bicyclic) bond motifs is 1. The highest BCUT2D eigenvalue weighted by Gasteiger charge is 2.34. The molecule has 5 heteroatoms. The van der Waals surface area contributed by atoms with E-state index in [1.807, 2.05) is 12.1 Å². The summed E-state index contributed by atoms with van der Waals surface area (Å²) < 4.78 is 5.33. The maximum absolute atomic E-state index is 12.7. The van der Waals surface area contributed by atoms with Crippen LogP contribution in [0.5, 0.6) is 0 Å². The van der Waals surface area contributed by atoms with Gasteiger partial charge in [0.25, 0.3) is 0 Å². The van der Waals surface area contributed by atoms with Crippen LogP contribution >= 0.6 is 0 Å². The van der Waals surface area contributed by atoms with Gasteiger partial charge in [-0.1, -0.05) is 24.3 Å². The van der Waals surface area contributed by atoms with Crippen molar-refractivity contribution in [3.05, 3.63) is 59.5 Å². The Morgan fingerprint density at radius 1 is 0.933 bits per heavy atom. The van der Waals surface area contributed by atoms with Gasteiger partial charge in [0.05, 0.1) is 18.7 Å². The first kappa shape index (κ1) is 19.8. The number of likely N-dealkylation sites (tertiary alicyclic amines) is 2. The predicted octanol–water partition coefficient (Wildman–Crippen LogP) is 3.24. The molecule has 0 radical (unpaired) electrons. The summed E-state index contributed by atoms with van der Waals surface area (Å²) in [6.07, 6.45) is 8.66. The molecule has 3 heterocycles. The third kappa shape index (κ3) is 4.33. The fourth-order valence-corrected chi connectivity index (χ4v) is 5.69. The lowest BCUT2D eigenvalue weighted by atomic mass is 9.92. The van der Waals surface area contributed by atoms with Crippen LogP contribution in [0.1, 0.15) is 42.6 Å². The number of nitrogens with one attached hydrogen (secondary N) is 1. The van der Waals surface area contributed by atoms with E-state index in [4.69, 9.17) is 4.42 Å². The van der Waals surface area contributed by atoms with Crippen LogP contribution in [-0.4, -0.2) is 54.0 Å². The minimum Gasteiger partial charge on any atom is -0.467 e. The highest BCUT2D eigenvalue weighted by molar-refractivity contribution is 5.78. The van der Waals surface area contributed by atoms with Crippen molar-refractivity contribution in [2.45, 2.75) is 57.2 Å². The molecule has 0 bridgehead atoms. The van der Waals surface area contributed by atoms with Crippen LogP contribution in [0.3, 0.4) is 0 Å². The summed E-state index contributed by atoms with van der Waals surface area (Å²) in [7, 11) is 0. The molecule has 0 unspecified atom stereocenters. The summed E-state index contributed by atoms with van der Waals surface area (Å²) in [6.45, 7) is 4.92. The van der Waals surface area contributed by atoms with Gasteiger partial charge in [0.1, 0.15) is 5.76 Å². The van der Waals surface area contributed by atoms with E-state index in [1.54, 1.807) is 17.4 Å². The van der Waals surface area contributed by atoms with Crippen LogP contribution in [0.15, 0.2) is 47.1 Å². The van der Waals surface area contributed by atoms with Crippen LogP contribution in [0.2, 0.25) is 0 Å². The van der Waals surface area contributed by atoms with Gasteiger partial charge < -0.3 is 9.73 Å². The Morgan fingerprint density at radius 3 is 2.40 bits per heavy atom.